The molecule has 0 spiro atoms. The molecule has 0 unspecified atom stereocenters. The average molecular weight is 534 g/mol. The Kier molecular flexibility index (Phi) is 10.6. The Morgan fingerprint density at radius 1 is 0.971 bits per heavy atom. The van der Waals surface area contributed by atoms with Gasteiger partial charge in [-0.2, -0.15) is 27.2 Å². The topological polar surface area (TPSA) is 216 Å². The van der Waals surface area contributed by atoms with Crippen molar-refractivity contribution in [2.45, 2.75) is 16.7 Å². The summed E-state index contributed by atoms with van der Waals surface area (Å²) in [5.74, 6) is -1.94. The maximum Gasteiger partial charge on any atom is 1.00 e. The number of benzene rings is 3. The van der Waals surface area contributed by atoms with Crippen molar-refractivity contribution in [2.24, 2.45) is 15.2 Å². The van der Waals surface area contributed by atoms with Gasteiger partial charge in [-0.1, -0.05) is 5.75 Å². The molecule has 0 saturated carbocycles. The van der Waals surface area contributed by atoms with Crippen LogP contribution in [0.25, 0.3) is 10.8 Å². The molecule has 0 radical (unpaired) electrons. The van der Waals surface area contributed by atoms with Crippen molar-refractivity contribution < 1.29 is 95.3 Å². The predicted molar refractivity (Wildman–Crippen MR) is 111 cm³/mol. The van der Waals surface area contributed by atoms with Crippen molar-refractivity contribution in [3.8, 4) is 11.8 Å². The van der Waals surface area contributed by atoms with Gasteiger partial charge in [0.1, 0.15) is 4.90 Å². The zero-order chi connectivity index (χ0) is 24.6. The molecule has 0 bridgehead atoms. The van der Waals surface area contributed by atoms with Gasteiger partial charge in [-0.25, -0.2) is 0 Å². The minimum absolute atomic E-state index is 0. The molecule has 16 heteroatoms. The van der Waals surface area contributed by atoms with Gasteiger partial charge in [-0.3, -0.25) is 14.1 Å². The first kappa shape index (κ1) is 31.1. The Morgan fingerprint density at radius 3 is 2.06 bits per heavy atom. The van der Waals surface area contributed by atoms with Crippen LogP contribution >= 0.6 is 0 Å². The zero-order valence-electron chi connectivity index (χ0n) is 18.5. The molecule has 3 aromatic carbocycles. The molecule has 2 N–H and O–H groups in total. The van der Waals surface area contributed by atoms with Crippen molar-refractivity contribution in [2.75, 3.05) is 0 Å². The van der Waals surface area contributed by atoms with E-state index in [2.05, 4.69) is 15.2 Å². The van der Waals surface area contributed by atoms with E-state index in [1.807, 2.05) is 6.07 Å². The minimum atomic E-state index is -5.05. The SMILES string of the molecule is CC([O-])=Nc1cc(S(=O)(=O)O)cc2cc(S(=O)(=O)O)c(N=Nc3ccc(C#N)cc3)c([O-])c12.[Na+].[Na+]. The summed E-state index contributed by atoms with van der Waals surface area (Å²) in [4.78, 5) is 1.81. The Hall–Kier alpha value is -1.90. The monoisotopic (exact) mass is 534 g/mol. The smallest absolute Gasteiger partial charge is 0.870 e. The van der Waals surface area contributed by atoms with Crippen molar-refractivity contribution in [3.05, 3.63) is 48.0 Å². The fraction of sp³-hybridized carbons (Fsp3) is 0.0526. The van der Waals surface area contributed by atoms with E-state index in [9.17, 15) is 36.2 Å². The van der Waals surface area contributed by atoms with Gasteiger partial charge in [-0.05, 0) is 60.7 Å². The number of azo groups is 1. The van der Waals surface area contributed by atoms with Gasteiger partial charge in [0, 0.05) is 5.39 Å². The summed E-state index contributed by atoms with van der Waals surface area (Å²) in [6.07, 6.45) is 0. The number of hydrogen-bond acceptors (Lipinski definition) is 10. The zero-order valence-corrected chi connectivity index (χ0v) is 24.1. The largest absolute Gasteiger partial charge is 1.00 e. The molecule has 0 aliphatic carbocycles. The van der Waals surface area contributed by atoms with E-state index < -0.39 is 58.4 Å². The molecule has 0 heterocycles. The van der Waals surface area contributed by atoms with E-state index in [1.54, 1.807) is 0 Å². The first-order valence-corrected chi connectivity index (χ1v) is 11.6. The number of hydrogen-bond donors (Lipinski definition) is 2. The third-order valence-electron chi connectivity index (χ3n) is 4.20. The molecular formula is C19H12N4Na2O8S2. The molecule has 3 aromatic rings. The third kappa shape index (κ3) is 7.30. The summed E-state index contributed by atoms with van der Waals surface area (Å²) < 4.78 is 66.0. The van der Waals surface area contributed by atoms with Crippen LogP contribution in [0.3, 0.4) is 0 Å². The van der Waals surface area contributed by atoms with Crippen LogP contribution in [0.15, 0.2) is 67.5 Å². The van der Waals surface area contributed by atoms with Crippen LogP contribution in [0.5, 0.6) is 5.75 Å². The van der Waals surface area contributed by atoms with Crippen LogP contribution in [-0.2, 0) is 20.2 Å². The van der Waals surface area contributed by atoms with Gasteiger partial charge in [-0.15, -0.1) is 5.11 Å². The summed E-state index contributed by atoms with van der Waals surface area (Å²) >= 11 is 0. The van der Waals surface area contributed by atoms with Gasteiger partial charge in [0.2, 0.25) is 0 Å². The van der Waals surface area contributed by atoms with Gasteiger partial charge in [0.15, 0.2) is 0 Å². The Morgan fingerprint density at radius 2 is 1.57 bits per heavy atom. The molecule has 35 heavy (non-hydrogen) atoms. The Balaban J connectivity index is 0.00000306. The van der Waals surface area contributed by atoms with Gasteiger partial charge < -0.3 is 10.2 Å². The third-order valence-corrected chi connectivity index (χ3v) is 5.90. The van der Waals surface area contributed by atoms with E-state index in [1.165, 1.54) is 24.3 Å². The van der Waals surface area contributed by atoms with Crippen molar-refractivity contribution >= 4 is 54.0 Å². The van der Waals surface area contributed by atoms with Crippen LogP contribution in [0.1, 0.15) is 12.5 Å². The van der Waals surface area contributed by atoms with Crippen molar-refractivity contribution in [1.29, 1.82) is 5.26 Å². The van der Waals surface area contributed by atoms with Crippen LogP contribution in [-0.4, -0.2) is 31.8 Å². The van der Waals surface area contributed by atoms with Gasteiger partial charge in [0.25, 0.3) is 20.2 Å². The summed E-state index contributed by atoms with van der Waals surface area (Å²) in [6.45, 7) is 1.02. The summed E-state index contributed by atoms with van der Waals surface area (Å²) in [7, 11) is -9.88. The number of aliphatic imine (C=N–C) groups is 1. The molecule has 0 fully saturated rings. The van der Waals surface area contributed by atoms with E-state index in [0.717, 1.165) is 25.1 Å². The first-order chi connectivity index (χ1) is 15.3. The number of rotatable bonds is 5. The van der Waals surface area contributed by atoms with Crippen molar-refractivity contribution in [3.63, 3.8) is 0 Å². The van der Waals surface area contributed by atoms with E-state index in [0.29, 0.717) is 5.56 Å². The maximum atomic E-state index is 13.1. The van der Waals surface area contributed by atoms with Gasteiger partial charge >= 0.3 is 59.1 Å². The van der Waals surface area contributed by atoms with Crippen LogP contribution in [0, 0.1) is 11.3 Å². The van der Waals surface area contributed by atoms with Gasteiger partial charge in [0.05, 0.1) is 33.6 Å². The minimum Gasteiger partial charge on any atom is -0.870 e. The summed E-state index contributed by atoms with van der Waals surface area (Å²) in [5.41, 5.74) is -0.832. The maximum absolute atomic E-state index is 13.1. The Labute approximate surface area is 244 Å². The number of nitrogens with zero attached hydrogens (tertiary/aromatic N) is 4. The fourth-order valence-electron chi connectivity index (χ4n) is 2.83. The van der Waals surface area contributed by atoms with E-state index in [4.69, 9.17) is 5.26 Å². The van der Waals surface area contributed by atoms with Crippen LogP contribution < -0.4 is 69.3 Å². The number of fused-ring (bicyclic) bond motifs is 1. The molecule has 0 atom stereocenters. The molecule has 0 amide bonds. The van der Waals surface area contributed by atoms with E-state index >= 15 is 0 Å². The molecule has 0 aliphatic heterocycles. The molecule has 0 aliphatic rings. The normalized spacial score (nSPS) is 12.1. The van der Waals surface area contributed by atoms with Crippen LogP contribution in [0.2, 0.25) is 0 Å². The standard InChI is InChI=1S/C19H14N4O8S2.2Na/c1-10(24)21-15-8-14(32(26,27)28)6-12-7-16(33(29,30)31)18(19(25)17(12)15)23-22-13-4-2-11(9-20)3-5-13;;/h2-8,25H,1H3,(H,21,24)(H,26,27,28)(H,29,30,31);;/q;2*+1/p-2. The summed E-state index contributed by atoms with van der Waals surface area (Å²) in [5, 5.41) is 40.1. The van der Waals surface area contributed by atoms with Crippen molar-refractivity contribution in [1.82, 2.24) is 0 Å². The number of nitriles is 1. The second-order valence-electron chi connectivity index (χ2n) is 6.53. The van der Waals surface area contributed by atoms with E-state index in [-0.39, 0.29) is 70.2 Å². The first-order valence-electron chi connectivity index (χ1n) is 8.72. The molecule has 170 valence electrons. The quantitative estimate of drug-likeness (QED) is 0.107. The molecule has 0 aromatic heterocycles. The molecule has 0 saturated heterocycles. The molecule has 12 nitrogen and oxygen atoms in total. The molecule has 3 rings (SSSR count). The second kappa shape index (κ2) is 11.9. The van der Waals surface area contributed by atoms with Crippen LogP contribution in [0.4, 0.5) is 17.1 Å². The fourth-order valence-corrected chi connectivity index (χ4v) is 4.02. The predicted octanol–water partition coefficient (Wildman–Crippen LogP) is -3.89. The second-order valence-corrected chi connectivity index (χ2v) is 9.34. The molecular weight excluding hydrogens is 522 g/mol. The average Bonchev–Trinajstić information content (AvgIpc) is 2.71. The summed E-state index contributed by atoms with van der Waals surface area (Å²) in [6, 6.07) is 9.71. The Bertz CT molecular complexity index is 1590.